The quantitative estimate of drug-likeness (QED) is 0.385. The Hall–Kier alpha value is -4.43. The monoisotopic (exact) mass is 538 g/mol. The molecule has 1 aliphatic heterocycles. The predicted molar refractivity (Wildman–Crippen MR) is 150 cm³/mol. The van der Waals surface area contributed by atoms with E-state index >= 15 is 0 Å². The average molecular weight is 539 g/mol. The van der Waals surface area contributed by atoms with Crippen LogP contribution in [0.25, 0.3) is 11.8 Å². The standard InChI is InChI=1S/C31H26N2O5S/c1-3-38-25-16-18(8-15-24(25)34)17-26-29(35)33-28(20-9-11-21(12-10-20)30(36)37-2)23-14-13-19-6-4-5-7-22(19)27(23)32-31(33)39-26/h4-12,15-17,28,34H,3,13-14H2,1-2H3. The van der Waals surface area contributed by atoms with Gasteiger partial charge in [0.1, 0.15) is 0 Å². The maximum absolute atomic E-state index is 13.9. The van der Waals surface area contributed by atoms with Crippen LogP contribution in [0.15, 0.2) is 82.1 Å². The number of esters is 1. The molecule has 6 rings (SSSR count). The van der Waals surface area contributed by atoms with E-state index in [1.54, 1.807) is 41.0 Å². The summed E-state index contributed by atoms with van der Waals surface area (Å²) in [5.74, 6) is 0.0177. The molecule has 4 aromatic rings. The number of rotatable bonds is 5. The SMILES string of the molecule is CCOc1cc(C=c2sc3n(c2=O)C(c2ccc(C(=O)OC)cc2)C2=C(N=3)c3ccccc3CC2)ccc1O. The maximum atomic E-state index is 13.9. The molecule has 8 heteroatoms. The number of carbonyl (C=O) groups excluding carboxylic acids is 1. The molecule has 196 valence electrons. The van der Waals surface area contributed by atoms with Gasteiger partial charge in [-0.2, -0.15) is 0 Å². The number of aromatic hydroxyl groups is 1. The highest BCUT2D eigenvalue weighted by Crippen LogP contribution is 2.41. The number of phenols is 1. The normalized spacial score (nSPS) is 16.2. The van der Waals surface area contributed by atoms with Crippen molar-refractivity contribution in [3.63, 3.8) is 0 Å². The molecule has 0 radical (unpaired) electrons. The highest BCUT2D eigenvalue weighted by Gasteiger charge is 2.32. The molecular weight excluding hydrogens is 512 g/mol. The van der Waals surface area contributed by atoms with Crippen molar-refractivity contribution in [1.29, 1.82) is 0 Å². The second-order valence-corrected chi connectivity index (χ2v) is 10.4. The summed E-state index contributed by atoms with van der Waals surface area (Å²) < 4.78 is 12.7. The second-order valence-electron chi connectivity index (χ2n) is 9.39. The van der Waals surface area contributed by atoms with Crippen LogP contribution in [0.5, 0.6) is 11.5 Å². The molecule has 0 spiro atoms. The van der Waals surface area contributed by atoms with Gasteiger partial charge in [0.25, 0.3) is 5.56 Å². The third-order valence-corrected chi connectivity index (χ3v) is 8.08. The second kappa shape index (κ2) is 10.0. The summed E-state index contributed by atoms with van der Waals surface area (Å²) in [5, 5.41) is 10.1. The fourth-order valence-corrected chi connectivity index (χ4v) is 6.29. The van der Waals surface area contributed by atoms with Crippen molar-refractivity contribution in [2.75, 3.05) is 13.7 Å². The molecular formula is C31H26N2O5S. The molecule has 1 unspecified atom stereocenters. The van der Waals surface area contributed by atoms with Gasteiger partial charge in [-0.1, -0.05) is 53.8 Å². The number of benzene rings is 3. The van der Waals surface area contributed by atoms with Crippen molar-refractivity contribution in [3.05, 3.63) is 120 Å². The first kappa shape index (κ1) is 24.9. The molecule has 0 saturated carbocycles. The van der Waals surface area contributed by atoms with Crippen molar-refractivity contribution >= 4 is 29.1 Å². The Morgan fingerprint density at radius 1 is 1.13 bits per heavy atom. The first-order chi connectivity index (χ1) is 19.0. The van der Waals surface area contributed by atoms with E-state index < -0.39 is 5.97 Å². The van der Waals surface area contributed by atoms with E-state index in [1.807, 2.05) is 31.2 Å². The molecule has 7 nitrogen and oxygen atoms in total. The molecule has 0 saturated heterocycles. The van der Waals surface area contributed by atoms with Gasteiger partial charge in [0, 0.05) is 5.56 Å². The van der Waals surface area contributed by atoms with Crippen LogP contribution in [-0.2, 0) is 11.2 Å². The Labute approximate surface area is 228 Å². The van der Waals surface area contributed by atoms with Crippen LogP contribution in [0, 0.1) is 0 Å². The average Bonchev–Trinajstić information content (AvgIpc) is 3.27. The van der Waals surface area contributed by atoms with E-state index in [4.69, 9.17) is 14.5 Å². The summed E-state index contributed by atoms with van der Waals surface area (Å²) in [6.45, 7) is 2.27. The minimum Gasteiger partial charge on any atom is -0.504 e. The zero-order valence-electron chi connectivity index (χ0n) is 21.5. The first-order valence-electron chi connectivity index (χ1n) is 12.8. The van der Waals surface area contributed by atoms with Crippen LogP contribution in [-0.4, -0.2) is 29.4 Å². The lowest BCUT2D eigenvalue weighted by Crippen LogP contribution is -2.38. The van der Waals surface area contributed by atoms with Crippen molar-refractivity contribution in [3.8, 4) is 11.5 Å². The Kier molecular flexibility index (Phi) is 6.40. The number of carbonyl (C=O) groups is 1. The number of aromatic nitrogens is 1. The molecule has 0 amide bonds. The molecule has 1 aliphatic carbocycles. The third-order valence-electron chi connectivity index (χ3n) is 7.10. The van der Waals surface area contributed by atoms with Crippen molar-refractivity contribution in [2.24, 2.45) is 4.99 Å². The number of ether oxygens (including phenoxy) is 2. The number of hydrogen-bond acceptors (Lipinski definition) is 7. The first-order valence-corrected chi connectivity index (χ1v) is 13.6. The third kappa shape index (κ3) is 4.36. The Morgan fingerprint density at radius 3 is 2.69 bits per heavy atom. The smallest absolute Gasteiger partial charge is 0.337 e. The number of fused-ring (bicyclic) bond motifs is 3. The van der Waals surface area contributed by atoms with E-state index in [9.17, 15) is 14.7 Å². The summed E-state index contributed by atoms with van der Waals surface area (Å²) in [6, 6.07) is 20.2. The van der Waals surface area contributed by atoms with Gasteiger partial charge < -0.3 is 14.6 Å². The molecule has 2 aliphatic rings. The van der Waals surface area contributed by atoms with Gasteiger partial charge in [-0.05, 0) is 72.4 Å². The molecule has 1 atom stereocenters. The molecule has 1 aromatic heterocycles. The summed E-state index contributed by atoms with van der Waals surface area (Å²) in [6.07, 6.45) is 3.44. The zero-order chi connectivity index (χ0) is 27.1. The fraction of sp³-hybridized carbons (Fsp3) is 0.194. The van der Waals surface area contributed by atoms with Gasteiger partial charge >= 0.3 is 5.97 Å². The Bertz CT molecular complexity index is 1810. The number of thiazole rings is 1. The van der Waals surface area contributed by atoms with Gasteiger partial charge in [0.2, 0.25) is 0 Å². The molecule has 0 fully saturated rings. The lowest BCUT2D eigenvalue weighted by atomic mass is 9.83. The number of methoxy groups -OCH3 is 1. The number of aryl methyl sites for hydroxylation is 1. The van der Waals surface area contributed by atoms with Gasteiger partial charge in [0.15, 0.2) is 16.3 Å². The number of hydrogen-bond donors (Lipinski definition) is 1. The number of allylic oxidation sites excluding steroid dienone is 1. The molecule has 39 heavy (non-hydrogen) atoms. The summed E-state index contributed by atoms with van der Waals surface area (Å²) in [7, 11) is 1.36. The number of phenolic OH excluding ortho intramolecular Hbond substituents is 1. The van der Waals surface area contributed by atoms with Gasteiger partial charge in [0.05, 0.1) is 35.6 Å². The summed E-state index contributed by atoms with van der Waals surface area (Å²) >= 11 is 1.34. The Morgan fingerprint density at radius 2 is 1.92 bits per heavy atom. The highest BCUT2D eigenvalue weighted by atomic mass is 32.1. The van der Waals surface area contributed by atoms with Gasteiger partial charge in [-0.3, -0.25) is 9.36 Å². The highest BCUT2D eigenvalue weighted by molar-refractivity contribution is 7.07. The Balaban J connectivity index is 1.55. The van der Waals surface area contributed by atoms with Crippen LogP contribution in [0.1, 0.15) is 52.0 Å². The van der Waals surface area contributed by atoms with E-state index in [-0.39, 0.29) is 17.4 Å². The number of nitrogens with zero attached hydrogens (tertiary/aromatic N) is 2. The van der Waals surface area contributed by atoms with Gasteiger partial charge in [-0.25, -0.2) is 9.79 Å². The lowest BCUT2D eigenvalue weighted by Gasteiger charge is -2.30. The zero-order valence-corrected chi connectivity index (χ0v) is 22.3. The minimum absolute atomic E-state index is 0.0530. The van der Waals surface area contributed by atoms with Crippen LogP contribution in [0.3, 0.4) is 0 Å². The lowest BCUT2D eigenvalue weighted by molar-refractivity contribution is 0.0600. The van der Waals surface area contributed by atoms with Crippen LogP contribution in [0.2, 0.25) is 0 Å². The minimum atomic E-state index is -0.405. The van der Waals surface area contributed by atoms with E-state index in [1.165, 1.54) is 24.0 Å². The fourth-order valence-electron chi connectivity index (χ4n) is 5.28. The van der Waals surface area contributed by atoms with Gasteiger partial charge in [-0.15, -0.1) is 0 Å². The van der Waals surface area contributed by atoms with E-state index in [0.717, 1.165) is 40.8 Å². The predicted octanol–water partition coefficient (Wildman–Crippen LogP) is 4.21. The van der Waals surface area contributed by atoms with Crippen molar-refractivity contribution in [2.45, 2.75) is 25.8 Å². The largest absolute Gasteiger partial charge is 0.504 e. The van der Waals surface area contributed by atoms with Crippen molar-refractivity contribution < 1.29 is 19.4 Å². The molecule has 2 heterocycles. The topological polar surface area (TPSA) is 90.1 Å². The maximum Gasteiger partial charge on any atom is 0.337 e. The van der Waals surface area contributed by atoms with Crippen molar-refractivity contribution in [1.82, 2.24) is 4.57 Å². The molecule has 3 aromatic carbocycles. The van der Waals surface area contributed by atoms with E-state index in [2.05, 4.69) is 12.1 Å². The molecule has 1 N–H and O–H groups in total. The van der Waals surface area contributed by atoms with Crippen LogP contribution in [0.4, 0.5) is 0 Å². The summed E-state index contributed by atoms with van der Waals surface area (Å²) in [5.41, 5.74) is 6.29. The summed E-state index contributed by atoms with van der Waals surface area (Å²) in [4.78, 5) is 31.6. The van der Waals surface area contributed by atoms with Crippen LogP contribution >= 0.6 is 11.3 Å². The van der Waals surface area contributed by atoms with E-state index in [0.29, 0.717) is 27.3 Å². The molecule has 0 bridgehead atoms. The van der Waals surface area contributed by atoms with Crippen LogP contribution < -0.4 is 19.6 Å².